The molecule has 0 aliphatic carbocycles. The maximum atomic E-state index is 12.3. The van der Waals surface area contributed by atoms with E-state index in [-0.39, 0.29) is 26.7 Å². The maximum absolute atomic E-state index is 12.3. The molecule has 2 aromatic carbocycles. The number of rotatable bonds is 4. The first-order chi connectivity index (χ1) is 9.91. The van der Waals surface area contributed by atoms with Crippen LogP contribution in [0.5, 0.6) is 0 Å². The Balaban J connectivity index is 2.66. The van der Waals surface area contributed by atoms with Crippen molar-refractivity contribution in [1.82, 2.24) is 0 Å². The van der Waals surface area contributed by atoms with Crippen LogP contribution in [0.25, 0.3) is 0 Å². The monoisotopic (exact) mass is 346 g/mol. The number of halogens is 1. The summed E-state index contributed by atoms with van der Waals surface area (Å²) >= 11 is 2.93. The maximum Gasteiger partial charge on any atom is 0.193 e. The van der Waals surface area contributed by atoms with Gasteiger partial charge in [-0.3, -0.25) is 4.79 Å². The normalized spacial score (nSPS) is 10.1. The van der Waals surface area contributed by atoms with Gasteiger partial charge in [0.25, 0.3) is 0 Å². The molecule has 6 heteroatoms. The Morgan fingerprint density at radius 2 is 1.38 bits per heavy atom. The SMILES string of the molecule is O=C([O-])c1cc(C(=O)c2ccccc2)c(C(=O)[O-])cc1Br. The zero-order valence-corrected chi connectivity index (χ0v) is 12.0. The summed E-state index contributed by atoms with van der Waals surface area (Å²) in [5.74, 6) is -3.70. The third-order valence-electron chi connectivity index (χ3n) is 2.83. The van der Waals surface area contributed by atoms with Gasteiger partial charge in [-0.1, -0.05) is 46.3 Å². The van der Waals surface area contributed by atoms with Gasteiger partial charge in [-0.2, -0.15) is 0 Å². The van der Waals surface area contributed by atoms with Crippen LogP contribution in [0.4, 0.5) is 0 Å². The van der Waals surface area contributed by atoms with Crippen LogP contribution >= 0.6 is 15.9 Å². The van der Waals surface area contributed by atoms with Crippen LogP contribution < -0.4 is 10.2 Å². The lowest BCUT2D eigenvalue weighted by Gasteiger charge is -2.14. The van der Waals surface area contributed by atoms with Crippen LogP contribution in [0.3, 0.4) is 0 Å². The summed E-state index contributed by atoms with van der Waals surface area (Å²) < 4.78 is 0.00584. The second-order valence-electron chi connectivity index (χ2n) is 4.15. The number of hydrogen-bond donors (Lipinski definition) is 0. The standard InChI is InChI=1S/C15H9BrO5/c16-12-7-10(14(18)19)9(6-11(12)15(20)21)13(17)8-4-2-1-3-5-8/h1-7H,(H,18,19)(H,20,21)/p-2. The number of benzene rings is 2. The molecular formula is C15H7BrO5-2. The van der Waals surface area contributed by atoms with E-state index in [1.54, 1.807) is 18.2 Å². The van der Waals surface area contributed by atoms with E-state index in [9.17, 15) is 24.6 Å². The van der Waals surface area contributed by atoms with Gasteiger partial charge in [-0.05, 0) is 12.1 Å². The Bertz CT molecular complexity index is 737. The van der Waals surface area contributed by atoms with E-state index in [0.29, 0.717) is 0 Å². The number of carbonyl (C=O) groups is 3. The third-order valence-corrected chi connectivity index (χ3v) is 3.48. The van der Waals surface area contributed by atoms with Gasteiger partial charge in [0.1, 0.15) is 0 Å². The van der Waals surface area contributed by atoms with Gasteiger partial charge in [-0.25, -0.2) is 0 Å². The van der Waals surface area contributed by atoms with E-state index in [1.807, 2.05) is 0 Å². The van der Waals surface area contributed by atoms with Crippen LogP contribution in [0.1, 0.15) is 36.6 Å². The molecule has 0 spiro atoms. The smallest absolute Gasteiger partial charge is 0.193 e. The number of carboxylic acids is 2. The lowest BCUT2D eigenvalue weighted by atomic mass is 9.96. The molecule has 0 heterocycles. The molecule has 0 aromatic heterocycles. The number of carboxylic acid groups (broad SMARTS) is 2. The third kappa shape index (κ3) is 3.00. The highest BCUT2D eigenvalue weighted by atomic mass is 79.9. The molecule has 0 aliphatic heterocycles. The fourth-order valence-electron chi connectivity index (χ4n) is 1.83. The molecule has 0 saturated carbocycles. The molecule has 5 nitrogen and oxygen atoms in total. The van der Waals surface area contributed by atoms with Gasteiger partial charge in [-0.15, -0.1) is 0 Å². The van der Waals surface area contributed by atoms with Crippen LogP contribution in [-0.2, 0) is 0 Å². The van der Waals surface area contributed by atoms with Gasteiger partial charge >= 0.3 is 0 Å². The Morgan fingerprint density at radius 1 is 0.810 bits per heavy atom. The van der Waals surface area contributed by atoms with Crippen molar-refractivity contribution in [3.63, 3.8) is 0 Å². The van der Waals surface area contributed by atoms with Gasteiger partial charge in [0.2, 0.25) is 0 Å². The van der Waals surface area contributed by atoms with Crippen molar-refractivity contribution in [2.45, 2.75) is 0 Å². The summed E-state index contributed by atoms with van der Waals surface area (Å²) in [5.41, 5.74) is -0.713. The molecule has 2 aromatic rings. The highest BCUT2D eigenvalue weighted by Gasteiger charge is 2.17. The Kier molecular flexibility index (Phi) is 4.18. The lowest BCUT2D eigenvalue weighted by molar-refractivity contribution is -0.256. The summed E-state index contributed by atoms with van der Waals surface area (Å²) in [5, 5.41) is 22.1. The lowest BCUT2D eigenvalue weighted by Crippen LogP contribution is -2.27. The predicted octanol–water partition coefficient (Wildman–Crippen LogP) is 0.407. The first-order valence-electron chi connectivity index (χ1n) is 5.77. The van der Waals surface area contributed by atoms with E-state index in [0.717, 1.165) is 12.1 Å². The highest BCUT2D eigenvalue weighted by Crippen LogP contribution is 2.24. The zero-order valence-electron chi connectivity index (χ0n) is 10.5. The highest BCUT2D eigenvalue weighted by molar-refractivity contribution is 9.10. The van der Waals surface area contributed by atoms with Crippen LogP contribution in [0, 0.1) is 0 Å². The summed E-state index contributed by atoms with van der Waals surface area (Å²) in [7, 11) is 0. The van der Waals surface area contributed by atoms with E-state index in [2.05, 4.69) is 15.9 Å². The van der Waals surface area contributed by atoms with Crippen molar-refractivity contribution in [3.05, 3.63) is 69.2 Å². The van der Waals surface area contributed by atoms with Gasteiger partial charge in [0, 0.05) is 26.7 Å². The summed E-state index contributed by atoms with van der Waals surface area (Å²) in [4.78, 5) is 34.5. The van der Waals surface area contributed by atoms with Crippen molar-refractivity contribution in [2.24, 2.45) is 0 Å². The summed E-state index contributed by atoms with van der Waals surface area (Å²) in [6.07, 6.45) is 0. The second kappa shape index (κ2) is 5.88. The second-order valence-corrected chi connectivity index (χ2v) is 5.00. The minimum absolute atomic E-state index is 0.00584. The number of ketones is 1. The molecule has 0 radical (unpaired) electrons. The molecule has 0 saturated heterocycles. The zero-order chi connectivity index (χ0) is 15.6. The predicted molar refractivity (Wildman–Crippen MR) is 72.7 cm³/mol. The molecule has 0 aliphatic rings. The van der Waals surface area contributed by atoms with Crippen molar-refractivity contribution < 1.29 is 24.6 Å². The van der Waals surface area contributed by atoms with Crippen LogP contribution in [-0.4, -0.2) is 17.7 Å². The fourth-order valence-corrected chi connectivity index (χ4v) is 2.34. The number of aromatic carboxylic acids is 2. The molecule has 0 atom stereocenters. The summed E-state index contributed by atoms with van der Waals surface area (Å²) in [6.45, 7) is 0. The largest absolute Gasteiger partial charge is 0.545 e. The van der Waals surface area contributed by atoms with E-state index < -0.39 is 17.7 Å². The molecule has 0 bridgehead atoms. The topological polar surface area (TPSA) is 97.3 Å². The Hall–Kier alpha value is -2.47. The minimum Gasteiger partial charge on any atom is -0.545 e. The molecule has 0 N–H and O–H groups in total. The van der Waals surface area contributed by atoms with Gasteiger partial charge in [0.05, 0.1) is 11.9 Å². The quantitative estimate of drug-likeness (QED) is 0.746. The average Bonchev–Trinajstić information content (AvgIpc) is 2.46. The summed E-state index contributed by atoms with van der Waals surface area (Å²) in [6, 6.07) is 9.93. The van der Waals surface area contributed by atoms with Gasteiger partial charge in [0.15, 0.2) is 5.78 Å². The molecule has 21 heavy (non-hydrogen) atoms. The van der Waals surface area contributed by atoms with Crippen molar-refractivity contribution in [1.29, 1.82) is 0 Å². The Labute approximate surface area is 128 Å². The number of hydrogen-bond acceptors (Lipinski definition) is 5. The first kappa shape index (κ1) is 14.9. The van der Waals surface area contributed by atoms with Crippen molar-refractivity contribution in [2.75, 3.05) is 0 Å². The molecule has 0 fully saturated rings. The molecule has 0 amide bonds. The molecule has 0 unspecified atom stereocenters. The van der Waals surface area contributed by atoms with Crippen molar-refractivity contribution >= 4 is 33.7 Å². The van der Waals surface area contributed by atoms with E-state index in [4.69, 9.17) is 0 Å². The van der Waals surface area contributed by atoms with Gasteiger partial charge < -0.3 is 19.8 Å². The average molecular weight is 347 g/mol. The minimum atomic E-state index is -1.57. The molecule has 106 valence electrons. The van der Waals surface area contributed by atoms with E-state index in [1.165, 1.54) is 12.1 Å². The Morgan fingerprint density at radius 3 is 1.90 bits per heavy atom. The first-order valence-corrected chi connectivity index (χ1v) is 6.57. The van der Waals surface area contributed by atoms with E-state index >= 15 is 0 Å². The van der Waals surface area contributed by atoms with Crippen molar-refractivity contribution in [3.8, 4) is 0 Å². The molecular weight excluding hydrogens is 340 g/mol. The number of carbonyl (C=O) groups excluding carboxylic acids is 3. The fraction of sp³-hybridized carbons (Fsp3) is 0. The van der Waals surface area contributed by atoms with Crippen LogP contribution in [0.15, 0.2) is 46.9 Å². The molecule has 2 rings (SSSR count). The van der Waals surface area contributed by atoms with Crippen LogP contribution in [0.2, 0.25) is 0 Å².